The smallest absolute Gasteiger partial charge is 0.395 e. The maximum Gasteiger partial charge on any atom is 0.409 e. The van der Waals surface area contributed by atoms with Crippen molar-refractivity contribution in [3.05, 3.63) is 42.6 Å². The molecule has 2 aromatic carbocycles. The van der Waals surface area contributed by atoms with Gasteiger partial charge in [0.25, 0.3) is 0 Å². The zero-order valence-electron chi connectivity index (χ0n) is 14.5. The average molecular weight is 367 g/mol. The summed E-state index contributed by atoms with van der Waals surface area (Å²) in [4.78, 5) is 1.99. The molecule has 0 spiro atoms. The summed E-state index contributed by atoms with van der Waals surface area (Å²) < 4.78 is 3.18. The number of fused-ring (bicyclic) bond motifs is 2. The molecule has 2 heterocycles. The Hall–Kier alpha value is -2.84. The number of anilines is 1. The van der Waals surface area contributed by atoms with Gasteiger partial charge >= 0.3 is 5.13 Å². The molecule has 0 unspecified atom stereocenters. The molecule has 2 aromatic heterocycles. The van der Waals surface area contributed by atoms with Gasteiger partial charge in [-0.2, -0.15) is 5.10 Å². The minimum atomic E-state index is 0.130. The van der Waals surface area contributed by atoms with Crippen molar-refractivity contribution < 1.29 is 9.67 Å². The van der Waals surface area contributed by atoms with E-state index < -0.39 is 0 Å². The van der Waals surface area contributed by atoms with E-state index in [2.05, 4.69) is 32.6 Å². The van der Waals surface area contributed by atoms with Crippen LogP contribution >= 0.6 is 11.3 Å². The Balaban J connectivity index is 1.61. The van der Waals surface area contributed by atoms with Crippen molar-refractivity contribution in [3.63, 3.8) is 0 Å². The zero-order valence-corrected chi connectivity index (χ0v) is 15.4. The van der Waals surface area contributed by atoms with E-state index in [1.165, 1.54) is 0 Å². The van der Waals surface area contributed by atoms with Gasteiger partial charge in [-0.1, -0.05) is 0 Å². The molecule has 4 aromatic rings. The Bertz CT molecular complexity index is 1080. The van der Waals surface area contributed by atoms with Gasteiger partial charge in [0.15, 0.2) is 0 Å². The van der Waals surface area contributed by atoms with Crippen LogP contribution in [0.5, 0.6) is 0 Å². The Morgan fingerprint density at radius 2 is 2.04 bits per heavy atom. The van der Waals surface area contributed by atoms with E-state index in [4.69, 9.17) is 5.11 Å². The first-order valence-electron chi connectivity index (χ1n) is 8.25. The summed E-state index contributed by atoms with van der Waals surface area (Å²) in [6, 6.07) is 12.0. The lowest BCUT2D eigenvalue weighted by Gasteiger charge is -2.17. The van der Waals surface area contributed by atoms with Crippen molar-refractivity contribution in [3.8, 4) is 0 Å². The standard InChI is InChI=1S/C18H19N6OS/c1-23(7-8-25)14-5-3-13(4-6-14)20-22-18-24(2)16-10-15-12(11-19-21-15)9-17(16)26-18/h3-6,9-11,25H,7-8H2,1-2H3,(H,19,21)/q+1. The lowest BCUT2D eigenvalue weighted by atomic mass is 10.2. The molecular formula is C18H19N6OS+. The summed E-state index contributed by atoms with van der Waals surface area (Å²) in [5.41, 5.74) is 3.94. The molecule has 4 rings (SSSR count). The van der Waals surface area contributed by atoms with E-state index in [9.17, 15) is 0 Å². The summed E-state index contributed by atoms with van der Waals surface area (Å²) in [6.07, 6.45) is 1.82. The molecule has 0 atom stereocenters. The molecule has 0 aliphatic rings. The number of aliphatic hydroxyl groups is 1. The zero-order chi connectivity index (χ0) is 18.1. The third-order valence-corrected chi connectivity index (χ3v) is 5.43. The molecule has 0 fully saturated rings. The second-order valence-electron chi connectivity index (χ2n) is 6.08. The molecule has 132 valence electrons. The van der Waals surface area contributed by atoms with Crippen LogP contribution in [0, 0.1) is 0 Å². The molecule has 7 nitrogen and oxygen atoms in total. The summed E-state index contributed by atoms with van der Waals surface area (Å²) in [6.45, 7) is 0.729. The second-order valence-corrected chi connectivity index (χ2v) is 7.09. The summed E-state index contributed by atoms with van der Waals surface area (Å²) in [5, 5.41) is 26.8. The molecule has 0 amide bonds. The number of likely N-dealkylation sites (N-methyl/N-ethyl adjacent to an activating group) is 1. The number of hydrogen-bond acceptors (Lipinski definition) is 6. The summed E-state index contributed by atoms with van der Waals surface area (Å²) in [5.74, 6) is 0. The van der Waals surface area contributed by atoms with Crippen molar-refractivity contribution >= 4 is 49.0 Å². The molecule has 0 radical (unpaired) electrons. The van der Waals surface area contributed by atoms with Crippen LogP contribution in [-0.4, -0.2) is 35.5 Å². The van der Waals surface area contributed by atoms with E-state index in [-0.39, 0.29) is 6.61 Å². The van der Waals surface area contributed by atoms with Gasteiger partial charge in [0.2, 0.25) is 0 Å². The van der Waals surface area contributed by atoms with Crippen molar-refractivity contribution in [1.29, 1.82) is 0 Å². The van der Waals surface area contributed by atoms with Gasteiger partial charge in [0, 0.05) is 30.7 Å². The highest BCUT2D eigenvalue weighted by molar-refractivity contribution is 7.21. The fraction of sp³-hybridized carbons (Fsp3) is 0.222. The van der Waals surface area contributed by atoms with Gasteiger partial charge in [-0.05, 0) is 46.8 Å². The summed E-state index contributed by atoms with van der Waals surface area (Å²) in [7, 11) is 3.93. The minimum Gasteiger partial charge on any atom is -0.395 e. The Kier molecular flexibility index (Phi) is 4.36. The van der Waals surface area contributed by atoms with Gasteiger partial charge < -0.3 is 10.0 Å². The molecule has 2 N–H and O–H groups in total. The normalized spacial score (nSPS) is 11.8. The Labute approximate surface area is 154 Å². The van der Waals surface area contributed by atoms with Gasteiger partial charge in [0.1, 0.15) is 11.2 Å². The Morgan fingerprint density at radius 1 is 1.23 bits per heavy atom. The number of hydrogen-bond donors (Lipinski definition) is 2. The maximum atomic E-state index is 9.02. The topological polar surface area (TPSA) is 80.8 Å². The van der Waals surface area contributed by atoms with E-state index in [1.807, 2.05) is 54.0 Å². The fourth-order valence-electron chi connectivity index (χ4n) is 2.81. The number of aromatic nitrogens is 3. The molecule has 0 saturated carbocycles. The molecule has 0 saturated heterocycles. The average Bonchev–Trinajstić information content (AvgIpc) is 3.23. The van der Waals surface area contributed by atoms with Crippen molar-refractivity contribution in [2.24, 2.45) is 17.3 Å². The number of azo groups is 1. The molecule has 0 aliphatic heterocycles. The molecule has 0 aliphatic carbocycles. The lowest BCUT2D eigenvalue weighted by molar-refractivity contribution is -0.627. The third kappa shape index (κ3) is 3.04. The third-order valence-electron chi connectivity index (χ3n) is 4.35. The van der Waals surface area contributed by atoms with Crippen molar-refractivity contribution in [2.45, 2.75) is 0 Å². The van der Waals surface area contributed by atoms with Gasteiger partial charge in [-0.3, -0.25) is 5.10 Å². The molecule has 26 heavy (non-hydrogen) atoms. The van der Waals surface area contributed by atoms with Crippen LogP contribution < -0.4 is 9.47 Å². The number of aryl methyl sites for hydroxylation is 1. The number of nitrogens with zero attached hydrogens (tertiary/aromatic N) is 5. The Morgan fingerprint density at radius 3 is 2.81 bits per heavy atom. The second kappa shape index (κ2) is 6.81. The minimum absolute atomic E-state index is 0.130. The predicted octanol–water partition coefficient (Wildman–Crippen LogP) is 3.45. The number of aromatic amines is 1. The maximum absolute atomic E-state index is 9.02. The van der Waals surface area contributed by atoms with Gasteiger partial charge in [-0.15, -0.1) is 0 Å². The predicted molar refractivity (Wildman–Crippen MR) is 104 cm³/mol. The van der Waals surface area contributed by atoms with Crippen LogP contribution in [0.1, 0.15) is 0 Å². The molecule has 0 bridgehead atoms. The largest absolute Gasteiger partial charge is 0.409 e. The first-order chi connectivity index (χ1) is 12.7. The first-order valence-corrected chi connectivity index (χ1v) is 9.07. The number of thiazole rings is 1. The molecule has 8 heteroatoms. The van der Waals surface area contributed by atoms with E-state index >= 15 is 0 Å². The highest BCUT2D eigenvalue weighted by Crippen LogP contribution is 2.30. The highest BCUT2D eigenvalue weighted by atomic mass is 32.1. The SMILES string of the molecule is CN(CCO)c1ccc(N=Nc2sc3cc4cn[nH]c4cc3[n+]2C)cc1. The summed E-state index contributed by atoms with van der Waals surface area (Å²) >= 11 is 1.60. The number of nitrogens with one attached hydrogen (secondary N) is 1. The van der Waals surface area contributed by atoms with Crippen molar-refractivity contribution in [1.82, 2.24) is 10.2 Å². The van der Waals surface area contributed by atoms with Crippen LogP contribution in [0.25, 0.3) is 21.1 Å². The van der Waals surface area contributed by atoms with Crippen LogP contribution in [0.4, 0.5) is 16.5 Å². The number of H-pyrrole nitrogens is 1. The number of rotatable bonds is 5. The van der Waals surface area contributed by atoms with E-state index in [1.54, 1.807) is 11.3 Å². The monoisotopic (exact) mass is 367 g/mol. The number of benzene rings is 2. The van der Waals surface area contributed by atoms with Gasteiger partial charge in [0.05, 0.1) is 35.2 Å². The van der Waals surface area contributed by atoms with Gasteiger partial charge in [-0.25, -0.2) is 4.57 Å². The lowest BCUT2D eigenvalue weighted by Crippen LogP contribution is -2.25. The quantitative estimate of drug-likeness (QED) is 0.419. The fourth-order valence-corrected chi connectivity index (χ4v) is 3.81. The van der Waals surface area contributed by atoms with Crippen molar-refractivity contribution in [2.75, 3.05) is 25.1 Å². The first kappa shape index (κ1) is 16.6. The van der Waals surface area contributed by atoms with Crippen LogP contribution in [0.3, 0.4) is 0 Å². The highest BCUT2D eigenvalue weighted by Gasteiger charge is 2.17. The number of aliphatic hydroxyl groups excluding tert-OH is 1. The van der Waals surface area contributed by atoms with Crippen LogP contribution in [-0.2, 0) is 7.05 Å². The van der Waals surface area contributed by atoms with E-state index in [0.717, 1.165) is 37.6 Å². The van der Waals surface area contributed by atoms with Crippen LogP contribution in [0.15, 0.2) is 52.8 Å². The van der Waals surface area contributed by atoms with E-state index in [0.29, 0.717) is 6.54 Å². The molecular weight excluding hydrogens is 348 g/mol. The van der Waals surface area contributed by atoms with Crippen LogP contribution in [0.2, 0.25) is 0 Å².